The molecule has 0 spiro atoms. The Balaban J connectivity index is 1.07. The number of hydrogen-bond donors (Lipinski definition) is 0. The minimum atomic E-state index is 1.21. The number of benzene rings is 10. The van der Waals surface area contributed by atoms with Gasteiger partial charge in [0.15, 0.2) is 0 Å². The maximum absolute atomic E-state index is 2.43. The molecule has 0 aliphatic heterocycles. The SMILES string of the molecule is c1ccc(-c2ccc3ccccc3c2)c(-c2ccc(-c3c4ccccc4c(-c4ccc5sc6cc7ccccc7cc6c5c4)c4ccccc34)cc2)c1. The summed E-state index contributed by atoms with van der Waals surface area (Å²) >= 11 is 1.89. The fourth-order valence-electron chi connectivity index (χ4n) is 8.53. The van der Waals surface area contributed by atoms with E-state index in [0.717, 1.165) is 0 Å². The van der Waals surface area contributed by atoms with Crippen LogP contribution in [-0.2, 0) is 0 Å². The molecule has 0 fully saturated rings. The second-order valence-corrected chi connectivity index (χ2v) is 15.1. The number of rotatable bonds is 4. The molecular formula is C52H32S. The van der Waals surface area contributed by atoms with Crippen LogP contribution in [0.5, 0.6) is 0 Å². The van der Waals surface area contributed by atoms with Crippen LogP contribution in [0.3, 0.4) is 0 Å². The first kappa shape index (κ1) is 30.1. The van der Waals surface area contributed by atoms with Crippen LogP contribution in [0.15, 0.2) is 194 Å². The third-order valence-electron chi connectivity index (χ3n) is 11.0. The zero-order valence-electron chi connectivity index (χ0n) is 28.9. The van der Waals surface area contributed by atoms with Crippen LogP contribution < -0.4 is 0 Å². The molecule has 11 aromatic rings. The summed E-state index contributed by atoms with van der Waals surface area (Å²) in [5, 5.41) is 12.8. The van der Waals surface area contributed by atoms with E-state index in [9.17, 15) is 0 Å². The lowest BCUT2D eigenvalue weighted by Gasteiger charge is -2.18. The molecule has 0 amide bonds. The van der Waals surface area contributed by atoms with Gasteiger partial charge in [0.2, 0.25) is 0 Å². The largest absolute Gasteiger partial charge is 0.135 e. The lowest BCUT2D eigenvalue weighted by Crippen LogP contribution is -1.91. The van der Waals surface area contributed by atoms with Gasteiger partial charge in [0.05, 0.1) is 0 Å². The van der Waals surface area contributed by atoms with E-state index in [4.69, 9.17) is 0 Å². The zero-order chi connectivity index (χ0) is 34.9. The van der Waals surface area contributed by atoms with E-state index in [1.54, 1.807) is 0 Å². The average molecular weight is 689 g/mol. The van der Waals surface area contributed by atoms with Gasteiger partial charge in [-0.1, -0.05) is 164 Å². The van der Waals surface area contributed by atoms with Crippen LogP contribution in [0.2, 0.25) is 0 Å². The lowest BCUT2D eigenvalue weighted by atomic mass is 9.85. The normalized spacial score (nSPS) is 11.8. The molecule has 0 atom stereocenters. The number of thiophene rings is 1. The Hall–Kier alpha value is -6.54. The Morgan fingerprint density at radius 3 is 1.36 bits per heavy atom. The van der Waals surface area contributed by atoms with Crippen LogP contribution in [0.4, 0.5) is 0 Å². The van der Waals surface area contributed by atoms with Gasteiger partial charge < -0.3 is 0 Å². The van der Waals surface area contributed by atoms with E-state index in [1.165, 1.54) is 108 Å². The molecule has 0 N–H and O–H groups in total. The number of hydrogen-bond acceptors (Lipinski definition) is 1. The Kier molecular flexibility index (Phi) is 6.83. The maximum atomic E-state index is 2.43. The average Bonchev–Trinajstić information content (AvgIpc) is 3.58. The van der Waals surface area contributed by atoms with Crippen LogP contribution in [0, 0.1) is 0 Å². The molecule has 0 bridgehead atoms. The van der Waals surface area contributed by atoms with E-state index < -0.39 is 0 Å². The van der Waals surface area contributed by atoms with Crippen molar-refractivity contribution in [2.24, 2.45) is 0 Å². The van der Waals surface area contributed by atoms with E-state index in [2.05, 4.69) is 194 Å². The van der Waals surface area contributed by atoms with Gasteiger partial charge in [-0.2, -0.15) is 0 Å². The monoisotopic (exact) mass is 688 g/mol. The molecule has 0 saturated carbocycles. The van der Waals surface area contributed by atoms with Crippen LogP contribution >= 0.6 is 11.3 Å². The van der Waals surface area contributed by atoms with Crippen molar-refractivity contribution in [3.63, 3.8) is 0 Å². The highest BCUT2D eigenvalue weighted by molar-refractivity contribution is 7.25. The van der Waals surface area contributed by atoms with Gasteiger partial charge in [-0.25, -0.2) is 0 Å². The predicted octanol–water partition coefficient (Wildman–Crippen LogP) is 15.3. The molecule has 0 unspecified atom stereocenters. The molecule has 0 radical (unpaired) electrons. The molecule has 10 aromatic carbocycles. The Morgan fingerprint density at radius 1 is 0.245 bits per heavy atom. The van der Waals surface area contributed by atoms with Gasteiger partial charge in [-0.3, -0.25) is 0 Å². The first-order valence-electron chi connectivity index (χ1n) is 18.2. The summed E-state index contributed by atoms with van der Waals surface area (Å²) in [4.78, 5) is 0. The molecule has 1 aromatic heterocycles. The summed E-state index contributed by atoms with van der Waals surface area (Å²) in [6, 6.07) is 71.8. The predicted molar refractivity (Wildman–Crippen MR) is 231 cm³/mol. The molecule has 0 aliphatic carbocycles. The summed E-state index contributed by atoms with van der Waals surface area (Å²) in [6.45, 7) is 0. The van der Waals surface area contributed by atoms with E-state index >= 15 is 0 Å². The molecule has 11 rings (SSSR count). The van der Waals surface area contributed by atoms with Gasteiger partial charge >= 0.3 is 0 Å². The topological polar surface area (TPSA) is 0 Å². The Morgan fingerprint density at radius 2 is 0.698 bits per heavy atom. The molecule has 246 valence electrons. The molecule has 53 heavy (non-hydrogen) atoms. The highest BCUT2D eigenvalue weighted by atomic mass is 32.1. The van der Waals surface area contributed by atoms with Gasteiger partial charge in [0.25, 0.3) is 0 Å². The van der Waals surface area contributed by atoms with Gasteiger partial charge in [0.1, 0.15) is 0 Å². The van der Waals surface area contributed by atoms with Crippen LogP contribution in [-0.4, -0.2) is 0 Å². The van der Waals surface area contributed by atoms with Crippen molar-refractivity contribution in [3.8, 4) is 44.5 Å². The summed E-state index contributed by atoms with van der Waals surface area (Å²) < 4.78 is 2.66. The minimum absolute atomic E-state index is 1.21. The standard InChI is InChI=1S/C52H32S/c1-2-12-36-29-39(26-21-33(36)11-1)42-16-6-5-15-41(42)34-22-24-35(25-23-34)51-43-17-7-9-19-45(43)52(46-20-10-8-18-44(46)51)40-27-28-49-47(31-40)48-30-37-13-3-4-14-38(37)32-50(48)53-49/h1-32H. The van der Waals surface area contributed by atoms with Crippen molar-refractivity contribution in [1.82, 2.24) is 0 Å². The highest BCUT2D eigenvalue weighted by Crippen LogP contribution is 2.46. The van der Waals surface area contributed by atoms with Crippen molar-refractivity contribution in [3.05, 3.63) is 194 Å². The van der Waals surface area contributed by atoms with E-state index in [-0.39, 0.29) is 0 Å². The molecule has 0 aliphatic rings. The third kappa shape index (κ3) is 4.89. The van der Waals surface area contributed by atoms with Crippen molar-refractivity contribution >= 4 is 74.6 Å². The van der Waals surface area contributed by atoms with Gasteiger partial charge in [-0.15, -0.1) is 11.3 Å². The summed E-state index contributed by atoms with van der Waals surface area (Å²) in [6.07, 6.45) is 0. The van der Waals surface area contributed by atoms with Crippen LogP contribution in [0.1, 0.15) is 0 Å². The second kappa shape index (κ2) is 12.0. The molecular weight excluding hydrogens is 657 g/mol. The minimum Gasteiger partial charge on any atom is -0.135 e. The third-order valence-corrected chi connectivity index (χ3v) is 12.2. The smallest absolute Gasteiger partial charge is 0.0361 e. The molecule has 0 nitrogen and oxygen atoms in total. The number of fused-ring (bicyclic) bond motifs is 7. The summed E-state index contributed by atoms with van der Waals surface area (Å²) in [5.74, 6) is 0. The van der Waals surface area contributed by atoms with Gasteiger partial charge in [-0.05, 0) is 118 Å². The molecule has 1 heteroatoms. The van der Waals surface area contributed by atoms with Crippen LogP contribution in [0.25, 0.3) is 108 Å². The Bertz CT molecular complexity index is 3160. The summed E-state index contributed by atoms with van der Waals surface area (Å²) in [7, 11) is 0. The quantitative estimate of drug-likeness (QED) is 0.162. The summed E-state index contributed by atoms with van der Waals surface area (Å²) in [5.41, 5.74) is 9.99. The van der Waals surface area contributed by atoms with E-state index in [1.807, 2.05) is 11.3 Å². The van der Waals surface area contributed by atoms with E-state index in [0.29, 0.717) is 0 Å². The van der Waals surface area contributed by atoms with Crippen molar-refractivity contribution < 1.29 is 0 Å². The fourth-order valence-corrected chi connectivity index (χ4v) is 9.64. The van der Waals surface area contributed by atoms with Crippen molar-refractivity contribution in [1.29, 1.82) is 0 Å². The van der Waals surface area contributed by atoms with Gasteiger partial charge in [0, 0.05) is 20.2 Å². The molecule has 0 saturated heterocycles. The molecule has 1 heterocycles. The first-order chi connectivity index (χ1) is 26.3. The fraction of sp³-hybridized carbons (Fsp3) is 0. The lowest BCUT2D eigenvalue weighted by molar-refractivity contribution is 1.59. The first-order valence-corrected chi connectivity index (χ1v) is 19.1. The maximum Gasteiger partial charge on any atom is 0.0361 e. The Labute approximate surface area is 311 Å². The van der Waals surface area contributed by atoms with Crippen molar-refractivity contribution in [2.75, 3.05) is 0 Å². The zero-order valence-corrected chi connectivity index (χ0v) is 29.7. The highest BCUT2D eigenvalue weighted by Gasteiger charge is 2.18. The van der Waals surface area contributed by atoms with Crippen molar-refractivity contribution in [2.45, 2.75) is 0 Å². The second-order valence-electron chi connectivity index (χ2n) is 14.0.